The summed E-state index contributed by atoms with van der Waals surface area (Å²) in [6.45, 7) is 3.84. The number of hydrogen-bond acceptors (Lipinski definition) is 5. The summed E-state index contributed by atoms with van der Waals surface area (Å²) in [5, 5.41) is 0. The molecule has 0 aliphatic carbocycles. The van der Waals surface area contributed by atoms with Crippen molar-refractivity contribution in [3.8, 4) is 0 Å². The van der Waals surface area contributed by atoms with Crippen LogP contribution in [0, 0.1) is 6.92 Å². The van der Waals surface area contributed by atoms with Gasteiger partial charge in [0.15, 0.2) is 5.58 Å². The number of anilines is 1. The quantitative estimate of drug-likeness (QED) is 0.741. The second-order valence-corrected chi connectivity index (χ2v) is 8.77. The van der Waals surface area contributed by atoms with Crippen LogP contribution in [-0.4, -0.2) is 43.9 Å². The highest BCUT2D eigenvalue weighted by molar-refractivity contribution is 7.88. The standard InChI is InChI=1S/C19H21N3O4S/c1-14-4-2-5-15(12-14)13-27(24,25)22-10-8-21(9-11-22)17-7-3-6-16-18(17)26-19(23)20-16/h2-7,12H,8-11,13H2,1H3,(H,20,23). The molecule has 4 rings (SSSR count). The average Bonchev–Trinajstić information content (AvgIpc) is 3.01. The Labute approximate surface area is 157 Å². The second kappa shape index (κ2) is 6.86. The SMILES string of the molecule is Cc1cccc(CS(=O)(=O)N2CCN(c3cccc4[nH]c(=O)oc34)CC2)c1. The van der Waals surface area contributed by atoms with Gasteiger partial charge >= 0.3 is 5.76 Å². The lowest BCUT2D eigenvalue weighted by atomic mass is 10.2. The van der Waals surface area contributed by atoms with Gasteiger partial charge in [-0.25, -0.2) is 13.2 Å². The number of piperazine rings is 1. The third-order valence-corrected chi connectivity index (χ3v) is 6.68. The van der Waals surface area contributed by atoms with Gasteiger partial charge in [0.25, 0.3) is 0 Å². The molecule has 3 aromatic rings. The highest BCUT2D eigenvalue weighted by Crippen LogP contribution is 2.26. The lowest BCUT2D eigenvalue weighted by Gasteiger charge is -2.35. The van der Waals surface area contributed by atoms with E-state index in [1.165, 1.54) is 0 Å². The van der Waals surface area contributed by atoms with Gasteiger partial charge in [-0.05, 0) is 24.6 Å². The monoisotopic (exact) mass is 387 g/mol. The molecule has 2 heterocycles. The molecule has 0 unspecified atom stereocenters. The maximum Gasteiger partial charge on any atom is 0.417 e. The van der Waals surface area contributed by atoms with E-state index in [1.807, 2.05) is 43.3 Å². The van der Waals surface area contributed by atoms with Crippen LogP contribution in [0.4, 0.5) is 5.69 Å². The van der Waals surface area contributed by atoms with Crippen LogP contribution >= 0.6 is 0 Å². The van der Waals surface area contributed by atoms with E-state index in [1.54, 1.807) is 10.4 Å². The maximum absolute atomic E-state index is 12.8. The number of aromatic amines is 1. The van der Waals surface area contributed by atoms with Crippen molar-refractivity contribution in [2.45, 2.75) is 12.7 Å². The van der Waals surface area contributed by atoms with Crippen LogP contribution in [0.2, 0.25) is 0 Å². The molecular formula is C19H21N3O4S. The molecule has 8 heteroatoms. The lowest BCUT2D eigenvalue weighted by Crippen LogP contribution is -2.49. The largest absolute Gasteiger partial charge is 0.417 e. The molecule has 1 aromatic heterocycles. The summed E-state index contributed by atoms with van der Waals surface area (Å²) < 4.78 is 32.3. The van der Waals surface area contributed by atoms with Crippen molar-refractivity contribution in [3.05, 3.63) is 64.1 Å². The normalized spacial score (nSPS) is 16.1. The minimum absolute atomic E-state index is 0.0109. The number of para-hydroxylation sites is 1. The summed E-state index contributed by atoms with van der Waals surface area (Å²) in [5.41, 5.74) is 3.82. The molecule has 1 aliphatic rings. The third kappa shape index (κ3) is 3.63. The Bertz CT molecular complexity index is 1130. The van der Waals surface area contributed by atoms with Gasteiger partial charge < -0.3 is 9.32 Å². The van der Waals surface area contributed by atoms with Crippen LogP contribution < -0.4 is 10.7 Å². The molecule has 0 radical (unpaired) electrons. The fourth-order valence-electron chi connectivity index (χ4n) is 3.52. The van der Waals surface area contributed by atoms with Crippen LogP contribution in [0.5, 0.6) is 0 Å². The zero-order chi connectivity index (χ0) is 19.0. The highest BCUT2D eigenvalue weighted by atomic mass is 32.2. The van der Waals surface area contributed by atoms with E-state index in [2.05, 4.69) is 9.88 Å². The molecule has 1 saturated heterocycles. The number of aromatic nitrogens is 1. The van der Waals surface area contributed by atoms with Crippen LogP contribution in [0.1, 0.15) is 11.1 Å². The molecule has 1 aliphatic heterocycles. The first-order chi connectivity index (χ1) is 12.9. The molecule has 1 N–H and O–H groups in total. The predicted molar refractivity (Wildman–Crippen MR) is 104 cm³/mol. The summed E-state index contributed by atoms with van der Waals surface area (Å²) in [6.07, 6.45) is 0. The Morgan fingerprint density at radius 1 is 1.07 bits per heavy atom. The Balaban J connectivity index is 1.49. The van der Waals surface area contributed by atoms with Crippen molar-refractivity contribution in [1.82, 2.24) is 9.29 Å². The van der Waals surface area contributed by atoms with E-state index < -0.39 is 15.8 Å². The minimum atomic E-state index is -3.37. The molecular weight excluding hydrogens is 366 g/mol. The van der Waals surface area contributed by atoms with Crippen LogP contribution in [0.25, 0.3) is 11.1 Å². The third-order valence-electron chi connectivity index (χ3n) is 4.83. The number of nitrogens with zero attached hydrogens (tertiary/aromatic N) is 2. The van der Waals surface area contributed by atoms with E-state index in [0.717, 1.165) is 16.8 Å². The number of benzene rings is 2. The Morgan fingerprint density at radius 3 is 2.56 bits per heavy atom. The van der Waals surface area contributed by atoms with Gasteiger partial charge in [0.2, 0.25) is 10.0 Å². The van der Waals surface area contributed by atoms with Crippen molar-refractivity contribution in [2.75, 3.05) is 31.1 Å². The first-order valence-corrected chi connectivity index (χ1v) is 10.4. The molecule has 0 atom stereocenters. The first-order valence-electron chi connectivity index (χ1n) is 8.82. The number of fused-ring (bicyclic) bond motifs is 1. The fourth-order valence-corrected chi connectivity index (χ4v) is 5.02. The summed E-state index contributed by atoms with van der Waals surface area (Å²) in [6, 6.07) is 13.1. The summed E-state index contributed by atoms with van der Waals surface area (Å²) in [4.78, 5) is 16.2. The Hall–Kier alpha value is -2.58. The first kappa shape index (κ1) is 17.8. The van der Waals surface area contributed by atoms with Gasteiger partial charge in [-0.15, -0.1) is 0 Å². The smallest absolute Gasteiger partial charge is 0.406 e. The van der Waals surface area contributed by atoms with Gasteiger partial charge in [-0.1, -0.05) is 35.9 Å². The zero-order valence-corrected chi connectivity index (χ0v) is 15.8. The maximum atomic E-state index is 12.8. The van der Waals surface area contributed by atoms with E-state index in [-0.39, 0.29) is 5.75 Å². The summed E-state index contributed by atoms with van der Waals surface area (Å²) >= 11 is 0. The molecule has 142 valence electrons. The molecule has 7 nitrogen and oxygen atoms in total. The molecule has 0 spiro atoms. The molecule has 0 amide bonds. The predicted octanol–water partition coefficient (Wildman–Crippen LogP) is 2.08. The highest BCUT2D eigenvalue weighted by Gasteiger charge is 2.28. The topological polar surface area (TPSA) is 86.6 Å². The zero-order valence-electron chi connectivity index (χ0n) is 15.0. The van der Waals surface area contributed by atoms with Gasteiger partial charge in [0, 0.05) is 26.2 Å². The van der Waals surface area contributed by atoms with E-state index in [0.29, 0.717) is 37.3 Å². The van der Waals surface area contributed by atoms with Crippen molar-refractivity contribution < 1.29 is 12.8 Å². The average molecular weight is 387 g/mol. The van der Waals surface area contributed by atoms with E-state index >= 15 is 0 Å². The van der Waals surface area contributed by atoms with E-state index in [4.69, 9.17) is 4.42 Å². The van der Waals surface area contributed by atoms with Crippen LogP contribution in [0.3, 0.4) is 0 Å². The molecule has 2 aromatic carbocycles. The van der Waals surface area contributed by atoms with Gasteiger partial charge in [-0.3, -0.25) is 4.98 Å². The number of rotatable bonds is 4. The number of sulfonamides is 1. The van der Waals surface area contributed by atoms with Crippen LogP contribution in [-0.2, 0) is 15.8 Å². The number of nitrogens with one attached hydrogen (secondary N) is 1. The number of H-pyrrole nitrogens is 1. The Kier molecular flexibility index (Phi) is 4.53. The number of hydrogen-bond donors (Lipinski definition) is 1. The van der Waals surface area contributed by atoms with Crippen molar-refractivity contribution in [1.29, 1.82) is 0 Å². The van der Waals surface area contributed by atoms with Gasteiger partial charge in [0.05, 0.1) is 17.0 Å². The lowest BCUT2D eigenvalue weighted by molar-refractivity contribution is 0.384. The Morgan fingerprint density at radius 2 is 1.81 bits per heavy atom. The summed E-state index contributed by atoms with van der Waals surface area (Å²) in [7, 11) is -3.37. The fraction of sp³-hybridized carbons (Fsp3) is 0.316. The van der Waals surface area contributed by atoms with Gasteiger partial charge in [0.1, 0.15) is 0 Å². The minimum Gasteiger partial charge on any atom is -0.406 e. The number of oxazole rings is 1. The van der Waals surface area contributed by atoms with Gasteiger partial charge in [-0.2, -0.15) is 4.31 Å². The number of aryl methyl sites for hydroxylation is 1. The van der Waals surface area contributed by atoms with Crippen molar-refractivity contribution in [2.24, 2.45) is 0 Å². The second-order valence-electron chi connectivity index (χ2n) is 6.80. The van der Waals surface area contributed by atoms with Crippen LogP contribution in [0.15, 0.2) is 51.7 Å². The van der Waals surface area contributed by atoms with Crippen molar-refractivity contribution >= 4 is 26.8 Å². The van der Waals surface area contributed by atoms with Crippen molar-refractivity contribution in [3.63, 3.8) is 0 Å². The molecule has 0 bridgehead atoms. The van der Waals surface area contributed by atoms with E-state index in [9.17, 15) is 13.2 Å². The summed E-state index contributed by atoms with van der Waals surface area (Å²) in [5.74, 6) is -0.478. The molecule has 1 fully saturated rings. The molecule has 27 heavy (non-hydrogen) atoms. The molecule has 0 saturated carbocycles.